The van der Waals surface area contributed by atoms with Gasteiger partial charge in [0.2, 0.25) is 23.7 Å². The van der Waals surface area contributed by atoms with E-state index >= 15 is 0 Å². The third-order valence-electron chi connectivity index (χ3n) is 7.93. The molecule has 1 fully saturated rings. The van der Waals surface area contributed by atoms with Crippen LogP contribution < -0.4 is 25.2 Å². The molecular formula is C29H30N2O9. The number of methoxy groups -OCH3 is 2. The number of ether oxygens (including phenoxy) is 4. The lowest BCUT2D eigenvalue weighted by atomic mass is 9.83. The molecule has 0 amide bonds. The monoisotopic (exact) mass is 550 g/mol. The Hall–Kier alpha value is -4.25. The van der Waals surface area contributed by atoms with Gasteiger partial charge in [0.15, 0.2) is 17.3 Å². The van der Waals surface area contributed by atoms with Crippen LogP contribution in [0.25, 0.3) is 0 Å². The van der Waals surface area contributed by atoms with Crippen molar-refractivity contribution in [3.63, 3.8) is 0 Å². The smallest absolute Gasteiger partial charge is 0.306 e. The van der Waals surface area contributed by atoms with Gasteiger partial charge in [-0.3, -0.25) is 19.3 Å². The van der Waals surface area contributed by atoms with Gasteiger partial charge in [-0.25, -0.2) is 0 Å². The molecule has 6 rings (SSSR count). The first-order valence-corrected chi connectivity index (χ1v) is 13.2. The predicted molar refractivity (Wildman–Crippen MR) is 141 cm³/mol. The minimum Gasteiger partial charge on any atom is -0.502 e. The number of aromatic hydroxyl groups is 1. The molecule has 0 saturated carbocycles. The Balaban J connectivity index is 1.34. The van der Waals surface area contributed by atoms with Crippen molar-refractivity contribution >= 4 is 5.97 Å². The first-order chi connectivity index (χ1) is 19.3. The maximum Gasteiger partial charge on any atom is 0.306 e. The number of piperidine rings is 1. The number of aromatic nitrogens is 1. The molecule has 0 spiro atoms. The Bertz CT molecular complexity index is 1580. The van der Waals surface area contributed by atoms with Crippen molar-refractivity contribution in [3.8, 4) is 23.0 Å². The summed E-state index contributed by atoms with van der Waals surface area (Å²) >= 11 is 0. The van der Waals surface area contributed by atoms with Gasteiger partial charge in [0.05, 0.1) is 33.1 Å². The van der Waals surface area contributed by atoms with E-state index in [1.54, 1.807) is 24.3 Å². The molecule has 1 N–H and O–H groups in total. The van der Waals surface area contributed by atoms with Crippen LogP contribution >= 0.6 is 0 Å². The standard InChI is InChI=1S/C29H30N2O9/c1-36-23-7-17(8-24-29(23)39-15-38-24)20(10-26(34)37-2)28-27(35)22(32)9-19(40-28)14-30-11-16-6-18(13-30)21-4-3-5-25(33)31(21)12-16/h3-5,7-9,16,18,20,35H,6,10-15H2,1-2H3. The molecule has 0 aliphatic carbocycles. The molecule has 1 saturated heterocycles. The van der Waals surface area contributed by atoms with Crippen LogP contribution in [0.2, 0.25) is 0 Å². The molecular weight excluding hydrogens is 520 g/mol. The molecule has 11 heteroatoms. The number of pyridine rings is 1. The summed E-state index contributed by atoms with van der Waals surface area (Å²) < 4.78 is 29.5. The van der Waals surface area contributed by atoms with E-state index in [-0.39, 0.29) is 30.5 Å². The molecule has 40 heavy (non-hydrogen) atoms. The van der Waals surface area contributed by atoms with Gasteiger partial charge in [-0.2, -0.15) is 0 Å². The van der Waals surface area contributed by atoms with Crippen LogP contribution in [0.1, 0.15) is 47.5 Å². The van der Waals surface area contributed by atoms with Crippen molar-refractivity contribution in [3.05, 3.63) is 79.8 Å². The molecule has 3 aliphatic heterocycles. The summed E-state index contributed by atoms with van der Waals surface area (Å²) in [6, 6.07) is 10.0. The Morgan fingerprint density at radius 3 is 2.77 bits per heavy atom. The average molecular weight is 551 g/mol. The molecule has 3 aliphatic rings. The van der Waals surface area contributed by atoms with E-state index in [2.05, 4.69) is 4.90 Å². The number of carbonyl (C=O) groups excluding carboxylic acids is 1. The number of benzene rings is 1. The molecule has 3 aromatic rings. The first-order valence-electron chi connectivity index (χ1n) is 13.2. The van der Waals surface area contributed by atoms with Crippen LogP contribution in [0.3, 0.4) is 0 Å². The summed E-state index contributed by atoms with van der Waals surface area (Å²) in [5, 5.41) is 10.8. The second-order valence-corrected chi connectivity index (χ2v) is 10.5. The number of hydrogen-bond donors (Lipinski definition) is 1. The number of carbonyl (C=O) groups is 1. The van der Waals surface area contributed by atoms with E-state index < -0.39 is 23.1 Å². The largest absolute Gasteiger partial charge is 0.502 e. The number of hydrogen-bond acceptors (Lipinski definition) is 10. The quantitative estimate of drug-likeness (QED) is 0.438. The van der Waals surface area contributed by atoms with E-state index in [1.165, 1.54) is 20.3 Å². The molecule has 210 valence electrons. The van der Waals surface area contributed by atoms with Gasteiger partial charge in [-0.05, 0) is 36.1 Å². The lowest BCUT2D eigenvalue weighted by Gasteiger charge is -2.42. The first kappa shape index (κ1) is 26.0. The summed E-state index contributed by atoms with van der Waals surface area (Å²) in [6.45, 7) is 2.44. The zero-order valence-electron chi connectivity index (χ0n) is 22.3. The van der Waals surface area contributed by atoms with E-state index in [1.807, 2.05) is 10.6 Å². The van der Waals surface area contributed by atoms with E-state index in [0.29, 0.717) is 54.1 Å². The van der Waals surface area contributed by atoms with Gasteiger partial charge < -0.3 is 33.0 Å². The minimum atomic E-state index is -0.858. The van der Waals surface area contributed by atoms with Crippen molar-refractivity contribution in [2.24, 2.45) is 5.92 Å². The number of fused-ring (bicyclic) bond motifs is 5. The van der Waals surface area contributed by atoms with E-state index in [0.717, 1.165) is 18.7 Å². The van der Waals surface area contributed by atoms with Crippen LogP contribution in [0.5, 0.6) is 23.0 Å². The van der Waals surface area contributed by atoms with Gasteiger partial charge in [0, 0.05) is 43.4 Å². The predicted octanol–water partition coefficient (Wildman–Crippen LogP) is 2.56. The second kappa shape index (κ2) is 10.4. The van der Waals surface area contributed by atoms with E-state index in [9.17, 15) is 19.5 Å². The van der Waals surface area contributed by atoms with Gasteiger partial charge in [0.1, 0.15) is 5.76 Å². The van der Waals surface area contributed by atoms with Crippen molar-refractivity contribution in [1.82, 2.24) is 9.47 Å². The fourth-order valence-electron chi connectivity index (χ4n) is 6.18. The summed E-state index contributed by atoms with van der Waals surface area (Å²) in [7, 11) is 2.75. The molecule has 2 bridgehead atoms. The summed E-state index contributed by atoms with van der Waals surface area (Å²) in [6.07, 6.45) is 0.802. The maximum atomic E-state index is 12.9. The summed E-state index contributed by atoms with van der Waals surface area (Å²) in [5.74, 6) is 0.0721. The van der Waals surface area contributed by atoms with Gasteiger partial charge >= 0.3 is 5.97 Å². The van der Waals surface area contributed by atoms with Crippen LogP contribution in [-0.2, 0) is 22.6 Å². The highest BCUT2D eigenvalue weighted by atomic mass is 16.7. The Labute approximate surface area is 229 Å². The van der Waals surface area contributed by atoms with E-state index in [4.69, 9.17) is 23.4 Å². The third kappa shape index (κ3) is 4.70. The van der Waals surface area contributed by atoms with Gasteiger partial charge in [-0.1, -0.05) is 6.07 Å². The summed E-state index contributed by atoms with van der Waals surface area (Å²) in [5.41, 5.74) is 0.965. The van der Waals surface area contributed by atoms with Crippen molar-refractivity contribution < 1.29 is 33.3 Å². The molecule has 3 unspecified atom stereocenters. The lowest BCUT2D eigenvalue weighted by molar-refractivity contribution is -0.140. The van der Waals surface area contributed by atoms with Gasteiger partial charge in [-0.15, -0.1) is 0 Å². The number of likely N-dealkylation sites (tertiary alicyclic amines) is 1. The van der Waals surface area contributed by atoms with Crippen LogP contribution in [0, 0.1) is 5.92 Å². The topological polar surface area (TPSA) is 130 Å². The maximum absolute atomic E-state index is 12.9. The molecule has 11 nitrogen and oxygen atoms in total. The Kier molecular flexibility index (Phi) is 6.75. The molecule has 5 heterocycles. The third-order valence-corrected chi connectivity index (χ3v) is 7.93. The lowest BCUT2D eigenvalue weighted by Crippen LogP contribution is -2.46. The molecule has 1 aromatic carbocycles. The Morgan fingerprint density at radius 2 is 1.98 bits per heavy atom. The normalized spacial score (nSPS) is 20.1. The highest BCUT2D eigenvalue weighted by Crippen LogP contribution is 2.46. The SMILES string of the molecule is COC(=O)CC(c1cc(OC)c2c(c1)OCO2)c1oc(CN2CC3CC(C2)c2cccc(=O)n2C3)cc(=O)c1O. The Morgan fingerprint density at radius 1 is 1.12 bits per heavy atom. The van der Waals surface area contributed by atoms with Crippen molar-refractivity contribution in [2.45, 2.75) is 37.8 Å². The van der Waals surface area contributed by atoms with Crippen LogP contribution in [0.15, 0.2) is 50.4 Å². The fraction of sp³-hybridized carbons (Fsp3) is 0.414. The summed E-state index contributed by atoms with van der Waals surface area (Å²) in [4.78, 5) is 40.0. The van der Waals surface area contributed by atoms with Crippen LogP contribution in [0.4, 0.5) is 0 Å². The van der Waals surface area contributed by atoms with Crippen LogP contribution in [-0.4, -0.2) is 54.6 Å². The average Bonchev–Trinajstić information content (AvgIpc) is 3.42. The highest BCUT2D eigenvalue weighted by Gasteiger charge is 2.35. The van der Waals surface area contributed by atoms with Crippen molar-refractivity contribution in [2.75, 3.05) is 34.1 Å². The van der Waals surface area contributed by atoms with Crippen molar-refractivity contribution in [1.29, 1.82) is 0 Å². The number of nitrogens with zero attached hydrogens (tertiary/aromatic N) is 2. The minimum absolute atomic E-state index is 0.0174. The molecule has 3 atom stereocenters. The fourth-order valence-corrected chi connectivity index (χ4v) is 6.18. The number of esters is 1. The highest BCUT2D eigenvalue weighted by molar-refractivity contribution is 5.71. The van der Waals surface area contributed by atoms with Gasteiger partial charge in [0.25, 0.3) is 5.56 Å². The molecule has 2 aromatic heterocycles. The zero-order valence-corrected chi connectivity index (χ0v) is 22.3. The second-order valence-electron chi connectivity index (χ2n) is 10.5. The number of rotatable bonds is 7. The zero-order chi connectivity index (χ0) is 28.0. The molecule has 0 radical (unpaired) electrons.